The van der Waals surface area contributed by atoms with E-state index in [4.69, 9.17) is 9.47 Å². The van der Waals surface area contributed by atoms with E-state index in [1.807, 2.05) is 0 Å². The summed E-state index contributed by atoms with van der Waals surface area (Å²) >= 11 is 0. The Hall–Kier alpha value is -1.14. The molecule has 0 radical (unpaired) electrons. The zero-order valence-electron chi connectivity index (χ0n) is 8.04. The van der Waals surface area contributed by atoms with Crippen molar-refractivity contribution < 1.29 is 19.1 Å². The molecule has 1 atom stereocenters. The van der Waals surface area contributed by atoms with Gasteiger partial charge in [-0.1, -0.05) is 0 Å². The van der Waals surface area contributed by atoms with Gasteiger partial charge in [-0.25, -0.2) is 0 Å². The highest BCUT2D eigenvalue weighted by molar-refractivity contribution is 5.83. The van der Waals surface area contributed by atoms with E-state index in [1.165, 1.54) is 7.11 Å². The minimum Gasteiger partial charge on any atom is -0.462 e. The summed E-state index contributed by atoms with van der Waals surface area (Å²) in [6.45, 7) is 1.06. The van der Waals surface area contributed by atoms with Crippen molar-refractivity contribution in [2.45, 2.75) is 6.04 Å². The van der Waals surface area contributed by atoms with Crippen LogP contribution in [-0.4, -0.2) is 51.3 Å². The van der Waals surface area contributed by atoms with Gasteiger partial charge in [0.05, 0.1) is 13.2 Å². The first-order valence-electron chi connectivity index (χ1n) is 4.39. The maximum Gasteiger partial charge on any atom is 0.325 e. The van der Waals surface area contributed by atoms with Crippen LogP contribution in [-0.2, 0) is 19.1 Å². The van der Waals surface area contributed by atoms with Crippen molar-refractivity contribution >= 4 is 11.9 Å². The quantitative estimate of drug-likeness (QED) is 0.418. The number of carbonyl (C=O) groups is 2. The summed E-state index contributed by atoms with van der Waals surface area (Å²) < 4.78 is 9.61. The molecule has 6 heteroatoms. The summed E-state index contributed by atoms with van der Waals surface area (Å²) in [5, 5.41) is 5.34. The van der Waals surface area contributed by atoms with E-state index >= 15 is 0 Å². The Labute approximate surface area is 81.9 Å². The molecule has 1 fully saturated rings. The van der Waals surface area contributed by atoms with Crippen LogP contribution in [0.25, 0.3) is 0 Å². The Balaban J connectivity index is 2.20. The highest BCUT2D eigenvalue weighted by Gasteiger charge is 2.24. The second kappa shape index (κ2) is 5.56. The van der Waals surface area contributed by atoms with Gasteiger partial charge in [0.15, 0.2) is 0 Å². The molecule has 2 N–H and O–H groups in total. The average Bonchev–Trinajstić information content (AvgIpc) is 2.19. The second-order valence-corrected chi connectivity index (χ2v) is 2.90. The number of methoxy groups -OCH3 is 1. The summed E-state index contributed by atoms with van der Waals surface area (Å²) in [4.78, 5) is 22.0. The molecule has 1 heterocycles. The van der Waals surface area contributed by atoms with E-state index < -0.39 is 6.04 Å². The van der Waals surface area contributed by atoms with Crippen molar-refractivity contribution in [2.24, 2.45) is 0 Å². The number of rotatable bonds is 4. The summed E-state index contributed by atoms with van der Waals surface area (Å²) in [6.07, 6.45) is 0. The molecule has 0 aromatic carbocycles. The van der Waals surface area contributed by atoms with Gasteiger partial charge in [-0.15, -0.1) is 0 Å². The molecule has 1 unspecified atom stereocenters. The Morgan fingerprint density at radius 2 is 2.36 bits per heavy atom. The van der Waals surface area contributed by atoms with Crippen LogP contribution in [0.15, 0.2) is 0 Å². The highest BCUT2D eigenvalue weighted by Crippen LogP contribution is 1.92. The average molecular weight is 202 g/mol. The smallest absolute Gasteiger partial charge is 0.325 e. The van der Waals surface area contributed by atoms with E-state index in [0.717, 1.165) is 0 Å². The lowest BCUT2D eigenvalue weighted by molar-refractivity contribution is -0.148. The van der Waals surface area contributed by atoms with Gasteiger partial charge >= 0.3 is 5.97 Å². The number of amides is 1. The summed E-state index contributed by atoms with van der Waals surface area (Å²) in [5.41, 5.74) is 0. The summed E-state index contributed by atoms with van der Waals surface area (Å²) in [6, 6.07) is -0.440. The van der Waals surface area contributed by atoms with Gasteiger partial charge in [-0.3, -0.25) is 14.9 Å². The number of esters is 1. The van der Waals surface area contributed by atoms with Crippen LogP contribution < -0.4 is 10.6 Å². The monoisotopic (exact) mass is 202 g/mol. The predicted octanol–water partition coefficient (Wildman–Crippen LogP) is -1.74. The number of nitrogens with one attached hydrogen (secondary N) is 2. The van der Waals surface area contributed by atoms with Gasteiger partial charge in [0, 0.05) is 13.7 Å². The van der Waals surface area contributed by atoms with Crippen LogP contribution in [0, 0.1) is 0 Å². The second-order valence-electron chi connectivity index (χ2n) is 2.90. The largest absolute Gasteiger partial charge is 0.462 e. The molecule has 1 amide bonds. The first kappa shape index (κ1) is 10.9. The molecular weight excluding hydrogens is 188 g/mol. The Kier molecular flexibility index (Phi) is 4.34. The molecule has 1 aliphatic rings. The Morgan fingerprint density at radius 1 is 1.57 bits per heavy atom. The molecule has 0 spiro atoms. The standard InChI is InChI=1S/C8H14N2O4/c1-13-2-3-14-8(12)6-4-10-7(11)5-9-6/h6,9H,2-5H2,1H3,(H,10,11). The molecular formula is C8H14N2O4. The van der Waals surface area contributed by atoms with E-state index in [2.05, 4.69) is 10.6 Å². The zero-order chi connectivity index (χ0) is 10.4. The predicted molar refractivity (Wildman–Crippen MR) is 47.6 cm³/mol. The van der Waals surface area contributed by atoms with Crippen LogP contribution in [0.3, 0.4) is 0 Å². The fraction of sp³-hybridized carbons (Fsp3) is 0.750. The van der Waals surface area contributed by atoms with Crippen molar-refractivity contribution in [3.05, 3.63) is 0 Å². The molecule has 1 saturated heterocycles. The van der Waals surface area contributed by atoms with Gasteiger partial charge in [0.1, 0.15) is 12.6 Å². The molecule has 6 nitrogen and oxygen atoms in total. The van der Waals surface area contributed by atoms with Crippen molar-refractivity contribution in [2.75, 3.05) is 33.4 Å². The molecule has 14 heavy (non-hydrogen) atoms. The minimum absolute atomic E-state index is 0.106. The van der Waals surface area contributed by atoms with E-state index in [-0.39, 0.29) is 31.6 Å². The van der Waals surface area contributed by atoms with E-state index in [1.54, 1.807) is 0 Å². The van der Waals surface area contributed by atoms with Crippen LogP contribution in [0.2, 0.25) is 0 Å². The van der Waals surface area contributed by atoms with Gasteiger partial charge in [-0.05, 0) is 0 Å². The minimum atomic E-state index is -0.440. The number of piperazine rings is 1. The Morgan fingerprint density at radius 3 is 2.93 bits per heavy atom. The van der Waals surface area contributed by atoms with Crippen LogP contribution in [0.4, 0.5) is 0 Å². The van der Waals surface area contributed by atoms with Crippen molar-refractivity contribution in [3.8, 4) is 0 Å². The van der Waals surface area contributed by atoms with Gasteiger partial charge < -0.3 is 14.8 Å². The fourth-order valence-corrected chi connectivity index (χ4v) is 1.06. The topological polar surface area (TPSA) is 76.7 Å². The number of hydrogen-bond acceptors (Lipinski definition) is 5. The van der Waals surface area contributed by atoms with E-state index in [9.17, 15) is 9.59 Å². The molecule has 1 aliphatic heterocycles. The molecule has 80 valence electrons. The normalized spacial score (nSPS) is 21.5. The van der Waals surface area contributed by atoms with Crippen LogP contribution in [0.1, 0.15) is 0 Å². The molecule has 0 aromatic rings. The summed E-state index contributed by atoms with van der Waals surface area (Å²) in [7, 11) is 1.53. The van der Waals surface area contributed by atoms with Crippen molar-refractivity contribution in [3.63, 3.8) is 0 Å². The lowest BCUT2D eigenvalue weighted by Gasteiger charge is -2.22. The highest BCUT2D eigenvalue weighted by atomic mass is 16.6. The lowest BCUT2D eigenvalue weighted by atomic mass is 10.2. The third-order valence-corrected chi connectivity index (χ3v) is 1.83. The maximum absolute atomic E-state index is 11.3. The van der Waals surface area contributed by atoms with Gasteiger partial charge in [0.2, 0.25) is 5.91 Å². The SMILES string of the molecule is COCCOC(=O)C1CNC(=O)CN1. The fourth-order valence-electron chi connectivity index (χ4n) is 1.06. The van der Waals surface area contributed by atoms with Crippen molar-refractivity contribution in [1.82, 2.24) is 10.6 Å². The van der Waals surface area contributed by atoms with Crippen LogP contribution >= 0.6 is 0 Å². The number of ether oxygens (including phenoxy) is 2. The third-order valence-electron chi connectivity index (χ3n) is 1.83. The molecule has 0 bridgehead atoms. The number of hydrogen-bond donors (Lipinski definition) is 2. The van der Waals surface area contributed by atoms with Gasteiger partial charge in [0.25, 0.3) is 0 Å². The lowest BCUT2D eigenvalue weighted by Crippen LogP contribution is -2.55. The molecule has 0 saturated carbocycles. The number of carbonyl (C=O) groups excluding carboxylic acids is 2. The maximum atomic E-state index is 11.3. The van der Waals surface area contributed by atoms with Crippen LogP contribution in [0.5, 0.6) is 0 Å². The first-order valence-corrected chi connectivity index (χ1v) is 4.39. The molecule has 0 aliphatic carbocycles. The van der Waals surface area contributed by atoms with Gasteiger partial charge in [-0.2, -0.15) is 0 Å². The summed E-state index contributed by atoms with van der Waals surface area (Å²) in [5.74, 6) is -0.465. The first-order chi connectivity index (χ1) is 6.74. The van der Waals surface area contributed by atoms with Crippen molar-refractivity contribution in [1.29, 1.82) is 0 Å². The van der Waals surface area contributed by atoms with E-state index in [0.29, 0.717) is 6.61 Å². The molecule has 1 rings (SSSR count). The third kappa shape index (κ3) is 3.31. The zero-order valence-corrected chi connectivity index (χ0v) is 8.04. The Bertz CT molecular complexity index is 209. The molecule has 0 aromatic heterocycles.